The summed E-state index contributed by atoms with van der Waals surface area (Å²) in [5, 5.41) is 0. The molecule has 1 fully saturated rings. The lowest BCUT2D eigenvalue weighted by Crippen LogP contribution is -2.29. The maximum atomic E-state index is 11.0. The summed E-state index contributed by atoms with van der Waals surface area (Å²) < 4.78 is 0. The van der Waals surface area contributed by atoms with E-state index >= 15 is 0 Å². The van der Waals surface area contributed by atoms with Crippen LogP contribution in [0, 0.1) is 11.3 Å². The van der Waals surface area contributed by atoms with Crippen molar-refractivity contribution >= 4 is 5.91 Å². The summed E-state index contributed by atoms with van der Waals surface area (Å²) in [5.74, 6) is 0.906. The second-order valence-electron chi connectivity index (χ2n) is 4.82. The minimum atomic E-state index is 0.224. The highest BCUT2D eigenvalue weighted by Crippen LogP contribution is 2.33. The minimum absolute atomic E-state index is 0.224. The molecule has 2 heteroatoms. The average Bonchev–Trinajstić information content (AvgIpc) is 2.30. The standard InChI is InChI=1S/C10H19NO/c1-8(12)11-6-5-9(7-11)10(2,3)4/h9H,5-7H2,1-4H3. The third-order valence-corrected chi connectivity index (χ3v) is 2.86. The lowest BCUT2D eigenvalue weighted by Gasteiger charge is -2.26. The largest absolute Gasteiger partial charge is 0.343 e. The third-order valence-electron chi connectivity index (χ3n) is 2.86. The highest BCUT2D eigenvalue weighted by Gasteiger charge is 2.32. The van der Waals surface area contributed by atoms with Gasteiger partial charge in [0.2, 0.25) is 5.91 Å². The van der Waals surface area contributed by atoms with E-state index in [2.05, 4.69) is 20.8 Å². The molecule has 1 rings (SSSR count). The molecule has 1 heterocycles. The highest BCUT2D eigenvalue weighted by molar-refractivity contribution is 5.73. The van der Waals surface area contributed by atoms with Gasteiger partial charge in [-0.25, -0.2) is 0 Å². The Morgan fingerprint density at radius 1 is 1.42 bits per heavy atom. The van der Waals surface area contributed by atoms with Crippen molar-refractivity contribution in [3.63, 3.8) is 0 Å². The van der Waals surface area contributed by atoms with E-state index in [0.717, 1.165) is 13.1 Å². The van der Waals surface area contributed by atoms with Gasteiger partial charge >= 0.3 is 0 Å². The fourth-order valence-corrected chi connectivity index (χ4v) is 1.75. The Kier molecular flexibility index (Phi) is 2.45. The molecule has 0 spiro atoms. The molecule has 1 unspecified atom stereocenters. The number of likely N-dealkylation sites (tertiary alicyclic amines) is 1. The topological polar surface area (TPSA) is 20.3 Å². The van der Waals surface area contributed by atoms with E-state index < -0.39 is 0 Å². The fourth-order valence-electron chi connectivity index (χ4n) is 1.75. The van der Waals surface area contributed by atoms with Gasteiger partial charge < -0.3 is 4.90 Å². The van der Waals surface area contributed by atoms with Crippen LogP contribution in [0.2, 0.25) is 0 Å². The Labute approximate surface area is 74.9 Å². The Morgan fingerprint density at radius 2 is 2.00 bits per heavy atom. The minimum Gasteiger partial charge on any atom is -0.343 e. The number of hydrogen-bond donors (Lipinski definition) is 0. The Hall–Kier alpha value is -0.530. The molecular formula is C10H19NO. The molecule has 0 aromatic rings. The molecule has 2 nitrogen and oxygen atoms in total. The first-order chi connectivity index (χ1) is 5.41. The molecule has 1 atom stereocenters. The summed E-state index contributed by atoms with van der Waals surface area (Å²) in [7, 11) is 0. The van der Waals surface area contributed by atoms with Crippen molar-refractivity contribution in [1.29, 1.82) is 0 Å². The summed E-state index contributed by atoms with van der Waals surface area (Å²) in [6.45, 7) is 10.3. The normalized spacial score (nSPS) is 24.7. The van der Waals surface area contributed by atoms with E-state index in [9.17, 15) is 4.79 Å². The molecule has 12 heavy (non-hydrogen) atoms. The summed E-state index contributed by atoms with van der Waals surface area (Å²) in [5.41, 5.74) is 0.351. The molecular weight excluding hydrogens is 150 g/mol. The van der Waals surface area contributed by atoms with Crippen molar-refractivity contribution in [2.24, 2.45) is 11.3 Å². The summed E-state index contributed by atoms with van der Waals surface area (Å²) in [6.07, 6.45) is 1.17. The van der Waals surface area contributed by atoms with E-state index in [1.165, 1.54) is 6.42 Å². The predicted molar refractivity (Wildman–Crippen MR) is 49.8 cm³/mol. The van der Waals surface area contributed by atoms with Crippen molar-refractivity contribution in [1.82, 2.24) is 4.90 Å². The molecule has 1 aliphatic heterocycles. The van der Waals surface area contributed by atoms with Gasteiger partial charge in [-0.2, -0.15) is 0 Å². The van der Waals surface area contributed by atoms with Gasteiger partial charge in [-0.3, -0.25) is 4.79 Å². The Morgan fingerprint density at radius 3 is 2.25 bits per heavy atom. The Balaban J connectivity index is 2.51. The number of nitrogens with zero attached hydrogens (tertiary/aromatic N) is 1. The Bertz CT molecular complexity index is 181. The molecule has 1 aliphatic rings. The number of hydrogen-bond acceptors (Lipinski definition) is 1. The van der Waals surface area contributed by atoms with Crippen LogP contribution in [0.1, 0.15) is 34.1 Å². The average molecular weight is 169 g/mol. The zero-order valence-corrected chi connectivity index (χ0v) is 8.55. The van der Waals surface area contributed by atoms with Crippen LogP contribution in [-0.4, -0.2) is 23.9 Å². The van der Waals surface area contributed by atoms with Gasteiger partial charge in [-0.1, -0.05) is 20.8 Å². The van der Waals surface area contributed by atoms with Crippen LogP contribution in [0.3, 0.4) is 0 Å². The molecule has 0 N–H and O–H groups in total. The van der Waals surface area contributed by atoms with Crippen LogP contribution in [0.25, 0.3) is 0 Å². The van der Waals surface area contributed by atoms with Gasteiger partial charge in [0.15, 0.2) is 0 Å². The van der Waals surface area contributed by atoms with Gasteiger partial charge in [-0.15, -0.1) is 0 Å². The van der Waals surface area contributed by atoms with Crippen molar-refractivity contribution in [2.45, 2.75) is 34.1 Å². The second-order valence-corrected chi connectivity index (χ2v) is 4.82. The monoisotopic (exact) mass is 169 g/mol. The van der Waals surface area contributed by atoms with Gasteiger partial charge in [0, 0.05) is 20.0 Å². The smallest absolute Gasteiger partial charge is 0.219 e. The zero-order valence-electron chi connectivity index (χ0n) is 8.55. The summed E-state index contributed by atoms with van der Waals surface area (Å²) >= 11 is 0. The lowest BCUT2D eigenvalue weighted by atomic mass is 9.80. The van der Waals surface area contributed by atoms with E-state index in [4.69, 9.17) is 0 Å². The van der Waals surface area contributed by atoms with E-state index in [0.29, 0.717) is 11.3 Å². The molecule has 1 amide bonds. The fraction of sp³-hybridized carbons (Fsp3) is 0.900. The molecule has 0 aromatic carbocycles. The number of carbonyl (C=O) groups excluding carboxylic acids is 1. The first kappa shape index (κ1) is 9.56. The molecule has 1 saturated heterocycles. The molecule has 70 valence electrons. The van der Waals surface area contributed by atoms with Crippen molar-refractivity contribution < 1.29 is 4.79 Å². The van der Waals surface area contributed by atoms with Crippen LogP contribution in [0.5, 0.6) is 0 Å². The van der Waals surface area contributed by atoms with Gasteiger partial charge in [0.25, 0.3) is 0 Å². The summed E-state index contributed by atoms with van der Waals surface area (Å²) in [4.78, 5) is 13.0. The maximum absolute atomic E-state index is 11.0. The molecule has 0 saturated carbocycles. The van der Waals surface area contributed by atoms with Crippen molar-refractivity contribution in [3.8, 4) is 0 Å². The molecule has 0 bridgehead atoms. The number of rotatable bonds is 0. The maximum Gasteiger partial charge on any atom is 0.219 e. The number of amides is 1. The first-order valence-corrected chi connectivity index (χ1v) is 4.67. The lowest BCUT2D eigenvalue weighted by molar-refractivity contribution is -0.128. The van der Waals surface area contributed by atoms with Gasteiger partial charge in [-0.05, 0) is 17.8 Å². The van der Waals surface area contributed by atoms with E-state index in [-0.39, 0.29) is 5.91 Å². The van der Waals surface area contributed by atoms with Crippen LogP contribution in [0.4, 0.5) is 0 Å². The first-order valence-electron chi connectivity index (χ1n) is 4.67. The second kappa shape index (κ2) is 3.08. The van der Waals surface area contributed by atoms with Crippen LogP contribution >= 0.6 is 0 Å². The third kappa shape index (κ3) is 1.99. The molecule has 0 aromatic heterocycles. The summed E-state index contributed by atoms with van der Waals surface area (Å²) in [6, 6.07) is 0. The van der Waals surface area contributed by atoms with Crippen LogP contribution in [0.15, 0.2) is 0 Å². The quantitative estimate of drug-likeness (QED) is 0.542. The SMILES string of the molecule is CC(=O)N1CCC(C(C)(C)C)C1. The highest BCUT2D eigenvalue weighted by atomic mass is 16.2. The van der Waals surface area contributed by atoms with Crippen molar-refractivity contribution in [2.75, 3.05) is 13.1 Å². The van der Waals surface area contributed by atoms with Gasteiger partial charge in [0.1, 0.15) is 0 Å². The molecule has 0 radical (unpaired) electrons. The van der Waals surface area contributed by atoms with Crippen LogP contribution in [-0.2, 0) is 4.79 Å². The number of carbonyl (C=O) groups is 1. The molecule has 0 aliphatic carbocycles. The van der Waals surface area contributed by atoms with E-state index in [1.807, 2.05) is 4.90 Å². The predicted octanol–water partition coefficient (Wildman–Crippen LogP) is 1.90. The van der Waals surface area contributed by atoms with Crippen LogP contribution < -0.4 is 0 Å². The van der Waals surface area contributed by atoms with E-state index in [1.54, 1.807) is 6.92 Å². The zero-order chi connectivity index (χ0) is 9.35. The van der Waals surface area contributed by atoms with Crippen molar-refractivity contribution in [3.05, 3.63) is 0 Å². The van der Waals surface area contributed by atoms with Gasteiger partial charge in [0.05, 0.1) is 0 Å².